The molecule has 7 rings (SSSR count). The van der Waals surface area contributed by atoms with E-state index >= 15 is 0 Å². The smallest absolute Gasteiger partial charge is 0.414 e. The van der Waals surface area contributed by atoms with Crippen molar-refractivity contribution in [1.29, 1.82) is 0 Å². The molecule has 3 aromatic carbocycles. The van der Waals surface area contributed by atoms with Crippen molar-refractivity contribution in [3.05, 3.63) is 114 Å². The van der Waals surface area contributed by atoms with Gasteiger partial charge < -0.3 is 20.3 Å². The molecular formula is C37H40N4O4. The van der Waals surface area contributed by atoms with Crippen LogP contribution in [-0.4, -0.2) is 52.4 Å². The molecule has 0 radical (unpaired) electrons. The molecular weight excluding hydrogens is 564 g/mol. The van der Waals surface area contributed by atoms with Crippen LogP contribution in [0.4, 0.5) is 10.5 Å². The summed E-state index contributed by atoms with van der Waals surface area (Å²) >= 11 is 0. The van der Waals surface area contributed by atoms with E-state index in [9.17, 15) is 14.4 Å². The molecule has 0 spiro atoms. The molecule has 3 aromatic rings. The standard InChI is InChI=1S/C37H40N4O4/c42-35(26-14-5-2-6-15-26)39-31-19-10-8-17-28(31)36(43)41-23-21-29-33(38-30-18-9-7-16-27(30)34(29)41)32-20-11-22-40(32)37(44)45-24-25-12-3-1-4-13-25/h1-7,9,11-16,18,22,28-29,31-34,38H,8,10,17,19-21,23-24H2,(H,39,42)/t28-,29+,31+,32?,33+,34-/m0/s1. The fraction of sp³-hybridized carbons (Fsp3) is 0.378. The number of ether oxygens (including phenoxy) is 1. The van der Waals surface area contributed by atoms with Crippen LogP contribution in [0.25, 0.3) is 0 Å². The molecule has 1 unspecified atom stereocenters. The van der Waals surface area contributed by atoms with Crippen molar-refractivity contribution in [2.24, 2.45) is 11.8 Å². The monoisotopic (exact) mass is 604 g/mol. The first kappa shape index (κ1) is 29.1. The predicted octanol–water partition coefficient (Wildman–Crippen LogP) is 6.28. The average Bonchev–Trinajstić information content (AvgIpc) is 3.76. The lowest BCUT2D eigenvalue weighted by Gasteiger charge is -2.44. The molecule has 0 bridgehead atoms. The van der Waals surface area contributed by atoms with Crippen molar-refractivity contribution in [1.82, 2.24) is 15.1 Å². The highest BCUT2D eigenvalue weighted by Crippen LogP contribution is 2.49. The van der Waals surface area contributed by atoms with Gasteiger partial charge >= 0.3 is 6.09 Å². The van der Waals surface area contributed by atoms with E-state index in [0.717, 1.165) is 48.9 Å². The second-order valence-electron chi connectivity index (χ2n) is 12.7. The largest absolute Gasteiger partial charge is 0.444 e. The maximum absolute atomic E-state index is 14.5. The molecule has 45 heavy (non-hydrogen) atoms. The number of anilines is 1. The zero-order valence-electron chi connectivity index (χ0n) is 25.4. The lowest BCUT2D eigenvalue weighted by molar-refractivity contribution is -0.139. The Morgan fingerprint density at radius 2 is 1.60 bits per heavy atom. The van der Waals surface area contributed by atoms with Gasteiger partial charge in [0.2, 0.25) is 5.91 Å². The Kier molecular flexibility index (Phi) is 8.29. The Morgan fingerprint density at radius 1 is 0.867 bits per heavy atom. The summed E-state index contributed by atoms with van der Waals surface area (Å²) in [4.78, 5) is 44.7. The van der Waals surface area contributed by atoms with E-state index in [2.05, 4.69) is 27.7 Å². The third kappa shape index (κ3) is 5.81. The molecule has 8 heteroatoms. The highest BCUT2D eigenvalue weighted by Gasteiger charge is 2.51. The third-order valence-electron chi connectivity index (χ3n) is 10.1. The lowest BCUT2D eigenvalue weighted by Crippen LogP contribution is -2.53. The fourth-order valence-corrected chi connectivity index (χ4v) is 7.89. The van der Waals surface area contributed by atoms with Crippen molar-refractivity contribution >= 4 is 23.6 Å². The summed E-state index contributed by atoms with van der Waals surface area (Å²) in [5, 5.41) is 6.99. The number of benzene rings is 3. The molecule has 1 aliphatic carbocycles. The van der Waals surface area contributed by atoms with E-state index in [4.69, 9.17) is 4.74 Å². The van der Waals surface area contributed by atoms with E-state index in [1.165, 1.54) is 0 Å². The highest BCUT2D eigenvalue weighted by atomic mass is 16.6. The number of para-hydroxylation sites is 1. The molecule has 8 nitrogen and oxygen atoms in total. The summed E-state index contributed by atoms with van der Waals surface area (Å²) < 4.78 is 5.74. The van der Waals surface area contributed by atoms with Gasteiger partial charge in [0.25, 0.3) is 5.91 Å². The molecule has 4 aliphatic rings. The van der Waals surface area contributed by atoms with Crippen LogP contribution < -0.4 is 10.6 Å². The molecule has 2 N–H and O–H groups in total. The van der Waals surface area contributed by atoms with Gasteiger partial charge in [-0.1, -0.05) is 85.6 Å². The lowest BCUT2D eigenvalue weighted by atomic mass is 9.78. The van der Waals surface area contributed by atoms with Crippen LogP contribution in [0.2, 0.25) is 0 Å². The SMILES string of the molecule is O=C(N[C@@H]1CCCC[C@@H]1C(=O)N1CC[C@@H]2[C@H](C3CC=CN3C(=O)OCc3ccccc3)Nc3ccccc3[C@@H]21)c1ccccc1. The number of carbonyl (C=O) groups excluding carboxylic acids is 3. The van der Waals surface area contributed by atoms with Crippen LogP contribution in [0, 0.1) is 11.8 Å². The van der Waals surface area contributed by atoms with Crippen LogP contribution in [0.3, 0.4) is 0 Å². The van der Waals surface area contributed by atoms with Gasteiger partial charge in [0.15, 0.2) is 0 Å². The normalized spacial score (nSPS) is 26.8. The number of rotatable bonds is 6. The topological polar surface area (TPSA) is 91.0 Å². The van der Waals surface area contributed by atoms with Crippen LogP contribution in [-0.2, 0) is 16.1 Å². The minimum Gasteiger partial charge on any atom is -0.444 e. The molecule has 1 saturated heterocycles. The summed E-state index contributed by atoms with van der Waals surface area (Å²) in [5.74, 6) is -0.137. The first-order valence-corrected chi connectivity index (χ1v) is 16.3. The molecule has 3 heterocycles. The van der Waals surface area contributed by atoms with Crippen LogP contribution in [0.15, 0.2) is 97.2 Å². The predicted molar refractivity (Wildman–Crippen MR) is 172 cm³/mol. The van der Waals surface area contributed by atoms with Crippen LogP contribution in [0.1, 0.15) is 66.1 Å². The summed E-state index contributed by atoms with van der Waals surface area (Å²) in [6.45, 7) is 0.866. The fourth-order valence-electron chi connectivity index (χ4n) is 7.89. The van der Waals surface area contributed by atoms with Gasteiger partial charge in [-0.15, -0.1) is 0 Å². The van der Waals surface area contributed by atoms with Gasteiger partial charge in [-0.3, -0.25) is 14.5 Å². The Balaban J connectivity index is 1.11. The number of fused-ring (bicyclic) bond motifs is 3. The second-order valence-corrected chi connectivity index (χ2v) is 12.7. The summed E-state index contributed by atoms with van der Waals surface area (Å²) in [5.41, 5.74) is 3.68. The van der Waals surface area contributed by atoms with Crippen molar-refractivity contribution in [3.63, 3.8) is 0 Å². The molecule has 1 saturated carbocycles. The van der Waals surface area contributed by atoms with Gasteiger partial charge in [0.1, 0.15) is 6.61 Å². The van der Waals surface area contributed by atoms with E-state index in [0.29, 0.717) is 18.5 Å². The molecule has 6 atom stereocenters. The number of carbonyl (C=O) groups is 3. The Hall–Kier alpha value is -4.59. The number of nitrogens with one attached hydrogen (secondary N) is 2. The van der Waals surface area contributed by atoms with Crippen LogP contribution >= 0.6 is 0 Å². The van der Waals surface area contributed by atoms with Gasteiger partial charge in [-0.05, 0) is 55.0 Å². The van der Waals surface area contributed by atoms with Crippen molar-refractivity contribution < 1.29 is 19.1 Å². The zero-order chi connectivity index (χ0) is 30.8. The zero-order valence-corrected chi connectivity index (χ0v) is 25.4. The molecule has 232 valence electrons. The Morgan fingerprint density at radius 3 is 2.42 bits per heavy atom. The van der Waals surface area contributed by atoms with Gasteiger partial charge in [0, 0.05) is 36.0 Å². The summed E-state index contributed by atoms with van der Waals surface area (Å²) in [6.07, 6.45) is 8.60. The molecule has 2 fully saturated rings. The minimum absolute atomic E-state index is 0.0538. The number of amides is 3. The van der Waals surface area contributed by atoms with Crippen molar-refractivity contribution in [2.75, 3.05) is 11.9 Å². The molecule has 3 aliphatic heterocycles. The third-order valence-corrected chi connectivity index (χ3v) is 10.1. The first-order chi connectivity index (χ1) is 22.1. The van der Waals surface area contributed by atoms with Gasteiger partial charge in [-0.25, -0.2) is 4.79 Å². The van der Waals surface area contributed by atoms with E-state index in [1.54, 1.807) is 4.90 Å². The summed E-state index contributed by atoms with van der Waals surface area (Å²) in [7, 11) is 0. The second kappa shape index (κ2) is 12.8. The Bertz CT molecular complexity index is 1560. The number of likely N-dealkylation sites (tertiary alicyclic amines) is 1. The van der Waals surface area contributed by atoms with E-state index in [1.807, 2.05) is 85.1 Å². The van der Waals surface area contributed by atoms with Crippen molar-refractivity contribution in [2.45, 2.75) is 69.3 Å². The van der Waals surface area contributed by atoms with Crippen molar-refractivity contribution in [3.8, 4) is 0 Å². The molecule has 3 amide bonds. The van der Waals surface area contributed by atoms with Gasteiger partial charge in [-0.2, -0.15) is 0 Å². The number of hydrogen-bond acceptors (Lipinski definition) is 5. The van der Waals surface area contributed by atoms with Gasteiger partial charge in [0.05, 0.1) is 24.0 Å². The highest BCUT2D eigenvalue weighted by molar-refractivity contribution is 5.95. The molecule has 0 aromatic heterocycles. The maximum Gasteiger partial charge on any atom is 0.414 e. The Labute approximate surface area is 264 Å². The summed E-state index contributed by atoms with van der Waals surface area (Å²) in [6, 6.07) is 26.7. The number of nitrogens with zero attached hydrogens (tertiary/aromatic N) is 2. The number of hydrogen-bond donors (Lipinski definition) is 2. The maximum atomic E-state index is 14.5. The van der Waals surface area contributed by atoms with E-state index < -0.39 is 0 Å². The van der Waals surface area contributed by atoms with E-state index in [-0.39, 0.29) is 60.5 Å². The van der Waals surface area contributed by atoms with Crippen LogP contribution in [0.5, 0.6) is 0 Å². The first-order valence-electron chi connectivity index (χ1n) is 16.3. The minimum atomic E-state index is -0.361. The average molecular weight is 605 g/mol. The quantitative estimate of drug-likeness (QED) is 0.346.